The third kappa shape index (κ3) is 3.11. The van der Waals surface area contributed by atoms with Crippen molar-refractivity contribution in [1.82, 2.24) is 4.90 Å². The molecular weight excluding hydrogens is 302 g/mol. The standard InChI is InChI=1S/C16H19NO4S/c1-5-10(2)17-15(18)14(22-16(17)19)8-11-6-7-12(20-3)9-13(11)21-4/h6-10H,5H2,1-4H3/b14-8-/t10-/m1/s1. The van der Waals surface area contributed by atoms with Crippen molar-refractivity contribution >= 4 is 29.0 Å². The number of carbonyl (C=O) groups excluding carboxylic acids is 2. The first kappa shape index (κ1) is 16.4. The average molecular weight is 321 g/mol. The topological polar surface area (TPSA) is 55.8 Å². The highest BCUT2D eigenvalue weighted by Crippen LogP contribution is 2.36. The quantitative estimate of drug-likeness (QED) is 0.776. The fraction of sp³-hybridized carbons (Fsp3) is 0.375. The fourth-order valence-electron chi connectivity index (χ4n) is 2.12. The number of methoxy groups -OCH3 is 2. The van der Waals surface area contributed by atoms with Gasteiger partial charge in [-0.05, 0) is 43.3 Å². The van der Waals surface area contributed by atoms with E-state index in [0.717, 1.165) is 23.7 Å². The lowest BCUT2D eigenvalue weighted by molar-refractivity contribution is -0.124. The van der Waals surface area contributed by atoms with E-state index in [2.05, 4.69) is 0 Å². The van der Waals surface area contributed by atoms with Gasteiger partial charge in [-0.1, -0.05) is 6.92 Å². The molecule has 1 aromatic rings. The van der Waals surface area contributed by atoms with Crippen LogP contribution in [-0.4, -0.2) is 36.3 Å². The molecule has 22 heavy (non-hydrogen) atoms. The summed E-state index contributed by atoms with van der Waals surface area (Å²) in [6.07, 6.45) is 2.42. The number of hydrogen-bond acceptors (Lipinski definition) is 5. The predicted molar refractivity (Wildman–Crippen MR) is 87.1 cm³/mol. The molecule has 1 heterocycles. The molecule has 6 heteroatoms. The Morgan fingerprint density at radius 3 is 2.59 bits per heavy atom. The van der Waals surface area contributed by atoms with Crippen molar-refractivity contribution in [3.63, 3.8) is 0 Å². The van der Waals surface area contributed by atoms with Crippen LogP contribution in [0, 0.1) is 0 Å². The van der Waals surface area contributed by atoms with Crippen LogP contribution in [-0.2, 0) is 4.79 Å². The molecule has 2 rings (SSSR count). The van der Waals surface area contributed by atoms with Crippen molar-refractivity contribution in [1.29, 1.82) is 0 Å². The Bertz CT molecular complexity index is 627. The van der Waals surface area contributed by atoms with Crippen molar-refractivity contribution < 1.29 is 19.1 Å². The van der Waals surface area contributed by atoms with Gasteiger partial charge in [0.15, 0.2) is 0 Å². The highest BCUT2D eigenvalue weighted by atomic mass is 32.2. The molecule has 0 spiro atoms. The predicted octanol–water partition coefficient (Wildman–Crippen LogP) is 3.54. The monoisotopic (exact) mass is 321 g/mol. The molecule has 0 aliphatic carbocycles. The molecule has 0 N–H and O–H groups in total. The van der Waals surface area contributed by atoms with Crippen LogP contribution in [0.15, 0.2) is 23.1 Å². The third-order valence-corrected chi connectivity index (χ3v) is 4.47. The van der Waals surface area contributed by atoms with E-state index in [0.29, 0.717) is 16.4 Å². The summed E-state index contributed by atoms with van der Waals surface area (Å²) >= 11 is 0.961. The summed E-state index contributed by atoms with van der Waals surface area (Å²) in [5.74, 6) is 1.01. The number of benzene rings is 1. The molecule has 0 unspecified atom stereocenters. The van der Waals surface area contributed by atoms with Gasteiger partial charge in [0.1, 0.15) is 11.5 Å². The molecule has 0 aromatic heterocycles. The maximum absolute atomic E-state index is 12.4. The zero-order valence-electron chi connectivity index (χ0n) is 13.1. The van der Waals surface area contributed by atoms with Gasteiger partial charge in [-0.3, -0.25) is 14.5 Å². The number of ether oxygens (including phenoxy) is 2. The van der Waals surface area contributed by atoms with Gasteiger partial charge in [0.05, 0.1) is 19.1 Å². The van der Waals surface area contributed by atoms with E-state index in [-0.39, 0.29) is 17.2 Å². The second-order valence-corrected chi connectivity index (χ2v) is 5.91. The minimum atomic E-state index is -0.248. The molecule has 1 saturated heterocycles. The highest BCUT2D eigenvalue weighted by Gasteiger charge is 2.37. The molecule has 1 aliphatic rings. The molecule has 2 amide bonds. The van der Waals surface area contributed by atoms with Crippen LogP contribution in [0.2, 0.25) is 0 Å². The molecule has 1 atom stereocenters. The van der Waals surface area contributed by atoms with Gasteiger partial charge in [-0.2, -0.15) is 0 Å². The van der Waals surface area contributed by atoms with E-state index in [9.17, 15) is 9.59 Å². The lowest BCUT2D eigenvalue weighted by Gasteiger charge is -2.19. The second-order valence-electron chi connectivity index (χ2n) is 4.92. The molecule has 1 aromatic carbocycles. The molecule has 0 bridgehead atoms. The summed E-state index contributed by atoms with van der Waals surface area (Å²) in [6.45, 7) is 3.82. The van der Waals surface area contributed by atoms with Gasteiger partial charge in [0.2, 0.25) is 0 Å². The number of nitrogens with zero attached hydrogens (tertiary/aromatic N) is 1. The van der Waals surface area contributed by atoms with Crippen molar-refractivity contribution in [2.24, 2.45) is 0 Å². The fourth-order valence-corrected chi connectivity index (χ4v) is 3.04. The third-order valence-electron chi connectivity index (χ3n) is 3.58. The van der Waals surface area contributed by atoms with E-state index < -0.39 is 0 Å². The van der Waals surface area contributed by atoms with Crippen LogP contribution < -0.4 is 9.47 Å². The summed E-state index contributed by atoms with van der Waals surface area (Å²) in [5, 5.41) is -0.224. The summed E-state index contributed by atoms with van der Waals surface area (Å²) in [7, 11) is 3.13. The molecule has 1 aliphatic heterocycles. The minimum absolute atomic E-state index is 0.101. The van der Waals surface area contributed by atoms with Gasteiger partial charge in [-0.25, -0.2) is 0 Å². The second kappa shape index (κ2) is 6.87. The smallest absolute Gasteiger partial charge is 0.293 e. The summed E-state index contributed by atoms with van der Waals surface area (Å²) in [6, 6.07) is 5.23. The number of thioether (sulfide) groups is 1. The molecule has 5 nitrogen and oxygen atoms in total. The first-order chi connectivity index (χ1) is 10.5. The van der Waals surface area contributed by atoms with Crippen molar-refractivity contribution in [3.05, 3.63) is 28.7 Å². The Morgan fingerprint density at radius 2 is 2.00 bits per heavy atom. The Hall–Kier alpha value is -1.95. The van der Waals surface area contributed by atoms with Crippen molar-refractivity contribution in [2.75, 3.05) is 14.2 Å². The maximum Gasteiger partial charge on any atom is 0.293 e. The van der Waals surface area contributed by atoms with E-state index in [4.69, 9.17) is 9.47 Å². The van der Waals surface area contributed by atoms with Crippen LogP contribution in [0.1, 0.15) is 25.8 Å². The lowest BCUT2D eigenvalue weighted by atomic mass is 10.1. The van der Waals surface area contributed by atoms with Gasteiger partial charge in [0, 0.05) is 17.7 Å². The van der Waals surface area contributed by atoms with Crippen LogP contribution in [0.4, 0.5) is 4.79 Å². The maximum atomic E-state index is 12.4. The molecule has 0 radical (unpaired) electrons. The Balaban J connectivity index is 2.34. The number of amides is 2. The normalized spacial score (nSPS) is 18.0. The van der Waals surface area contributed by atoms with E-state index in [1.807, 2.05) is 13.8 Å². The Kier molecular flexibility index (Phi) is 5.13. The summed E-state index contributed by atoms with van der Waals surface area (Å²) in [4.78, 5) is 26.1. The molecule has 0 saturated carbocycles. The molecular formula is C16H19NO4S. The average Bonchev–Trinajstić information content (AvgIpc) is 2.81. The first-order valence-electron chi connectivity index (χ1n) is 7.00. The van der Waals surface area contributed by atoms with Crippen LogP contribution in [0.3, 0.4) is 0 Å². The Labute approximate surface area is 134 Å². The van der Waals surface area contributed by atoms with E-state index >= 15 is 0 Å². The van der Waals surface area contributed by atoms with E-state index in [1.165, 1.54) is 4.90 Å². The summed E-state index contributed by atoms with van der Waals surface area (Å²) < 4.78 is 10.5. The van der Waals surface area contributed by atoms with Gasteiger partial charge in [0.25, 0.3) is 11.1 Å². The first-order valence-corrected chi connectivity index (χ1v) is 7.82. The zero-order valence-corrected chi connectivity index (χ0v) is 13.9. The number of hydrogen-bond donors (Lipinski definition) is 0. The number of carbonyl (C=O) groups is 2. The van der Waals surface area contributed by atoms with Crippen molar-refractivity contribution in [2.45, 2.75) is 26.3 Å². The minimum Gasteiger partial charge on any atom is -0.497 e. The van der Waals surface area contributed by atoms with Gasteiger partial charge in [-0.15, -0.1) is 0 Å². The van der Waals surface area contributed by atoms with Crippen LogP contribution >= 0.6 is 11.8 Å². The zero-order chi connectivity index (χ0) is 16.3. The highest BCUT2D eigenvalue weighted by molar-refractivity contribution is 8.18. The van der Waals surface area contributed by atoms with Crippen molar-refractivity contribution in [3.8, 4) is 11.5 Å². The number of imide groups is 1. The largest absolute Gasteiger partial charge is 0.497 e. The van der Waals surface area contributed by atoms with Crippen LogP contribution in [0.5, 0.6) is 11.5 Å². The van der Waals surface area contributed by atoms with Gasteiger partial charge >= 0.3 is 0 Å². The number of rotatable bonds is 5. The van der Waals surface area contributed by atoms with Gasteiger partial charge < -0.3 is 9.47 Å². The molecule has 1 fully saturated rings. The lowest BCUT2D eigenvalue weighted by Crippen LogP contribution is -2.36. The van der Waals surface area contributed by atoms with Crippen LogP contribution in [0.25, 0.3) is 6.08 Å². The van der Waals surface area contributed by atoms with E-state index in [1.54, 1.807) is 38.5 Å². The SMILES string of the molecule is CC[C@@H](C)N1C(=O)S/C(=C\c2ccc(OC)cc2OC)C1=O. The summed E-state index contributed by atoms with van der Waals surface area (Å²) in [5.41, 5.74) is 0.734. The molecule has 118 valence electrons. The Morgan fingerprint density at radius 1 is 1.27 bits per heavy atom.